The highest BCUT2D eigenvalue weighted by Gasteiger charge is 2.29. The second-order valence-electron chi connectivity index (χ2n) is 6.33. The molecule has 0 atom stereocenters. The van der Waals surface area contributed by atoms with Crippen LogP contribution in [0.1, 0.15) is 29.8 Å². The topological polar surface area (TPSA) is 64.3 Å². The predicted octanol–water partition coefficient (Wildman–Crippen LogP) is 3.47. The van der Waals surface area contributed by atoms with Gasteiger partial charge in [-0.3, -0.25) is 14.9 Å². The van der Waals surface area contributed by atoms with Gasteiger partial charge in [0, 0.05) is 25.5 Å². The van der Waals surface area contributed by atoms with E-state index in [1.165, 1.54) is 6.07 Å². The van der Waals surface area contributed by atoms with Crippen LogP contribution in [0, 0.1) is 6.92 Å². The van der Waals surface area contributed by atoms with E-state index in [2.05, 4.69) is 14.9 Å². The third-order valence-electron chi connectivity index (χ3n) is 4.03. The van der Waals surface area contributed by atoms with Gasteiger partial charge in [0.1, 0.15) is 5.75 Å². The molecule has 0 aliphatic rings. The Kier molecular flexibility index (Phi) is 7.99. The molecular weight excluding hydrogens is 357 g/mol. The molecule has 27 heavy (non-hydrogen) atoms. The van der Waals surface area contributed by atoms with Crippen molar-refractivity contribution < 1.29 is 17.9 Å². The van der Waals surface area contributed by atoms with Gasteiger partial charge in [0.25, 0.3) is 0 Å². The number of aryl methyl sites for hydroxylation is 1. The van der Waals surface area contributed by atoms with Crippen molar-refractivity contribution in [2.24, 2.45) is 5.73 Å². The first-order chi connectivity index (χ1) is 12.9. The first-order valence-corrected chi connectivity index (χ1v) is 8.85. The molecule has 2 aromatic heterocycles. The summed E-state index contributed by atoms with van der Waals surface area (Å²) in [7, 11) is 0. The van der Waals surface area contributed by atoms with Gasteiger partial charge in [0.2, 0.25) is 0 Å². The highest BCUT2D eigenvalue weighted by molar-refractivity contribution is 5.27. The van der Waals surface area contributed by atoms with Gasteiger partial charge < -0.3 is 10.5 Å². The Labute approximate surface area is 157 Å². The summed E-state index contributed by atoms with van der Waals surface area (Å²) in [6, 6.07) is 6.94. The molecule has 0 saturated carbocycles. The van der Waals surface area contributed by atoms with Gasteiger partial charge >= 0.3 is 6.18 Å². The fraction of sp³-hybridized carbons (Fsp3) is 0.474. The Balaban J connectivity index is 2.13. The summed E-state index contributed by atoms with van der Waals surface area (Å²) in [6.07, 6.45) is 0.656. The number of aromatic nitrogens is 2. The van der Waals surface area contributed by atoms with Crippen LogP contribution in [0.2, 0.25) is 0 Å². The van der Waals surface area contributed by atoms with Crippen LogP contribution in [0.4, 0.5) is 13.2 Å². The van der Waals surface area contributed by atoms with Crippen molar-refractivity contribution >= 4 is 0 Å². The van der Waals surface area contributed by atoms with Crippen LogP contribution in [0.25, 0.3) is 0 Å². The van der Waals surface area contributed by atoms with Crippen LogP contribution in [-0.2, 0) is 13.1 Å². The van der Waals surface area contributed by atoms with E-state index >= 15 is 0 Å². The molecular formula is C19H25F3N4O. The summed E-state index contributed by atoms with van der Waals surface area (Å²) in [5, 5.41) is 0. The maximum Gasteiger partial charge on any atom is 0.422 e. The van der Waals surface area contributed by atoms with E-state index < -0.39 is 12.8 Å². The molecule has 2 rings (SSSR count). The largest absolute Gasteiger partial charge is 0.482 e. The van der Waals surface area contributed by atoms with E-state index in [1.807, 2.05) is 19.1 Å². The number of nitrogens with two attached hydrogens (primary N) is 1. The van der Waals surface area contributed by atoms with Crippen molar-refractivity contribution in [2.75, 3.05) is 19.7 Å². The smallest absolute Gasteiger partial charge is 0.422 e. The standard InChI is InChI=1S/C19H25F3N4O/c1-15-6-4-9-24-16(15)12-26(11-3-2-8-23)13-17-18(7-5-10-25-17)27-14-19(20,21)22/h4-7,9-10H,2-3,8,11-14,23H2,1H3. The molecule has 0 spiro atoms. The summed E-state index contributed by atoms with van der Waals surface area (Å²) in [5.41, 5.74) is 8.05. The third-order valence-corrected chi connectivity index (χ3v) is 4.03. The van der Waals surface area contributed by atoms with Crippen LogP contribution < -0.4 is 10.5 Å². The summed E-state index contributed by atoms with van der Waals surface area (Å²) in [4.78, 5) is 10.7. The molecule has 5 nitrogen and oxygen atoms in total. The van der Waals surface area contributed by atoms with Crippen molar-refractivity contribution in [3.8, 4) is 5.75 Å². The fourth-order valence-corrected chi connectivity index (χ4v) is 2.63. The van der Waals surface area contributed by atoms with Gasteiger partial charge in [-0.1, -0.05) is 6.07 Å². The molecule has 148 valence electrons. The number of pyridine rings is 2. The quantitative estimate of drug-likeness (QED) is 0.638. The fourth-order valence-electron chi connectivity index (χ4n) is 2.63. The van der Waals surface area contributed by atoms with Crippen molar-refractivity contribution in [1.82, 2.24) is 14.9 Å². The molecule has 8 heteroatoms. The second kappa shape index (κ2) is 10.2. The van der Waals surface area contributed by atoms with E-state index in [0.717, 1.165) is 30.6 Å². The van der Waals surface area contributed by atoms with Crippen molar-refractivity contribution in [2.45, 2.75) is 39.0 Å². The van der Waals surface area contributed by atoms with E-state index in [4.69, 9.17) is 10.5 Å². The van der Waals surface area contributed by atoms with Crippen LogP contribution in [0.15, 0.2) is 36.7 Å². The van der Waals surface area contributed by atoms with Crippen molar-refractivity contribution in [3.63, 3.8) is 0 Å². The number of halogens is 3. The van der Waals surface area contributed by atoms with E-state index in [1.54, 1.807) is 18.5 Å². The Hall–Kier alpha value is -2.19. The summed E-state index contributed by atoms with van der Waals surface area (Å²) < 4.78 is 42.4. The minimum absolute atomic E-state index is 0.149. The minimum Gasteiger partial charge on any atom is -0.482 e. The number of ether oxygens (including phenoxy) is 1. The van der Waals surface area contributed by atoms with Gasteiger partial charge in [0.05, 0.1) is 11.4 Å². The predicted molar refractivity (Wildman–Crippen MR) is 97.2 cm³/mol. The maximum absolute atomic E-state index is 12.5. The molecule has 0 bridgehead atoms. The lowest BCUT2D eigenvalue weighted by molar-refractivity contribution is -0.153. The number of hydrogen-bond acceptors (Lipinski definition) is 5. The molecule has 2 heterocycles. The maximum atomic E-state index is 12.5. The SMILES string of the molecule is Cc1cccnc1CN(CCCCN)Cc1ncccc1OCC(F)(F)F. The number of hydrogen-bond donors (Lipinski definition) is 1. The Morgan fingerprint density at radius 3 is 2.37 bits per heavy atom. The van der Waals surface area contributed by atoms with E-state index in [9.17, 15) is 13.2 Å². The van der Waals surface area contributed by atoms with E-state index in [-0.39, 0.29) is 5.75 Å². The summed E-state index contributed by atoms with van der Waals surface area (Å²) in [5.74, 6) is 0.149. The number of alkyl halides is 3. The Bertz CT molecular complexity index is 709. The van der Waals surface area contributed by atoms with Gasteiger partial charge in [-0.05, 0) is 56.6 Å². The average molecular weight is 382 g/mol. The lowest BCUT2D eigenvalue weighted by Crippen LogP contribution is -2.27. The molecule has 2 aromatic rings. The van der Waals surface area contributed by atoms with Crippen LogP contribution >= 0.6 is 0 Å². The van der Waals surface area contributed by atoms with Crippen LogP contribution in [0.3, 0.4) is 0 Å². The molecule has 0 radical (unpaired) electrons. The molecule has 0 amide bonds. The normalized spacial score (nSPS) is 11.8. The molecule has 0 fully saturated rings. The number of unbranched alkanes of at least 4 members (excludes halogenated alkanes) is 1. The summed E-state index contributed by atoms with van der Waals surface area (Å²) >= 11 is 0. The number of nitrogens with zero attached hydrogens (tertiary/aromatic N) is 3. The first-order valence-electron chi connectivity index (χ1n) is 8.85. The zero-order chi connectivity index (χ0) is 19.7. The van der Waals surface area contributed by atoms with Gasteiger partial charge in [-0.2, -0.15) is 13.2 Å². The zero-order valence-electron chi connectivity index (χ0n) is 15.4. The van der Waals surface area contributed by atoms with E-state index in [0.29, 0.717) is 25.3 Å². The molecule has 0 aromatic carbocycles. The third kappa shape index (κ3) is 7.52. The number of rotatable bonds is 10. The van der Waals surface area contributed by atoms with Crippen LogP contribution in [-0.4, -0.2) is 40.7 Å². The minimum atomic E-state index is -4.39. The molecule has 0 aliphatic carbocycles. The summed E-state index contributed by atoms with van der Waals surface area (Å²) in [6.45, 7) is 2.93. The molecule has 0 unspecified atom stereocenters. The highest BCUT2D eigenvalue weighted by Crippen LogP contribution is 2.22. The second-order valence-corrected chi connectivity index (χ2v) is 6.33. The zero-order valence-corrected chi connectivity index (χ0v) is 15.4. The van der Waals surface area contributed by atoms with Gasteiger partial charge in [-0.25, -0.2) is 0 Å². The molecule has 0 saturated heterocycles. The monoisotopic (exact) mass is 382 g/mol. The highest BCUT2D eigenvalue weighted by atomic mass is 19.4. The lowest BCUT2D eigenvalue weighted by atomic mass is 10.2. The van der Waals surface area contributed by atoms with Gasteiger partial charge in [0.15, 0.2) is 6.61 Å². The van der Waals surface area contributed by atoms with Crippen molar-refractivity contribution in [1.29, 1.82) is 0 Å². The van der Waals surface area contributed by atoms with Crippen LogP contribution in [0.5, 0.6) is 5.75 Å². The Morgan fingerprint density at radius 1 is 1.04 bits per heavy atom. The van der Waals surface area contributed by atoms with Gasteiger partial charge in [-0.15, -0.1) is 0 Å². The molecule has 0 aliphatic heterocycles. The Morgan fingerprint density at radius 2 is 1.70 bits per heavy atom. The molecule has 2 N–H and O–H groups in total. The lowest BCUT2D eigenvalue weighted by Gasteiger charge is -2.23. The average Bonchev–Trinajstić information content (AvgIpc) is 2.62. The first kappa shape index (κ1) is 21.1. The van der Waals surface area contributed by atoms with Crippen molar-refractivity contribution in [3.05, 3.63) is 53.6 Å².